The molecule has 1 aliphatic heterocycles. The smallest absolute Gasteiger partial charge is 0.342 e. The van der Waals surface area contributed by atoms with Crippen LogP contribution in [0.4, 0.5) is 4.79 Å². The number of nitrogens with zero attached hydrogens (tertiary/aromatic N) is 1. The molecule has 10 heteroatoms. The van der Waals surface area contributed by atoms with Crippen molar-refractivity contribution >= 4 is 29.7 Å². The van der Waals surface area contributed by atoms with Crippen molar-refractivity contribution in [2.45, 2.75) is 38.3 Å². The summed E-state index contributed by atoms with van der Waals surface area (Å²) in [5.41, 5.74) is 1.17. The molecule has 0 radical (unpaired) electrons. The topological polar surface area (TPSA) is 131 Å². The van der Waals surface area contributed by atoms with Gasteiger partial charge in [0.25, 0.3) is 17.7 Å². The number of esters is 1. The third kappa shape index (κ3) is 5.32. The van der Waals surface area contributed by atoms with Crippen LogP contribution in [0.2, 0.25) is 0 Å². The third-order valence-corrected chi connectivity index (χ3v) is 5.98. The molecule has 1 aliphatic carbocycles. The standard InChI is InChI=1S/C25H25N3O7/c1-34-20-11-10-15(13-28-22(30)17-8-4-5-9-18(17)23(28)31)12-19(20)24(32)35-14-21(29)27-25(33)26-16-6-2-3-7-16/h4-5,8-12,16H,2-3,6-7,13-14H2,1H3,(H2,26,27,29,33). The van der Waals surface area contributed by atoms with Crippen LogP contribution >= 0.6 is 0 Å². The zero-order valence-corrected chi connectivity index (χ0v) is 19.2. The largest absolute Gasteiger partial charge is 0.496 e. The van der Waals surface area contributed by atoms with E-state index in [1.54, 1.807) is 30.3 Å². The molecule has 10 nitrogen and oxygen atoms in total. The number of urea groups is 1. The van der Waals surface area contributed by atoms with Gasteiger partial charge in [-0.3, -0.25) is 24.6 Å². The second-order valence-electron chi connectivity index (χ2n) is 8.36. The molecular weight excluding hydrogens is 454 g/mol. The van der Waals surface area contributed by atoms with Gasteiger partial charge in [-0.1, -0.05) is 31.0 Å². The molecule has 4 rings (SSSR count). The number of nitrogens with one attached hydrogen (secondary N) is 2. The molecule has 0 aromatic heterocycles. The van der Waals surface area contributed by atoms with E-state index in [4.69, 9.17) is 9.47 Å². The van der Waals surface area contributed by atoms with Crippen LogP contribution in [-0.2, 0) is 16.1 Å². The molecule has 2 aliphatic rings. The van der Waals surface area contributed by atoms with Gasteiger partial charge in [0.2, 0.25) is 0 Å². The van der Waals surface area contributed by atoms with Gasteiger partial charge in [0.05, 0.1) is 24.8 Å². The van der Waals surface area contributed by atoms with Gasteiger partial charge >= 0.3 is 12.0 Å². The average Bonchev–Trinajstić information content (AvgIpc) is 3.45. The van der Waals surface area contributed by atoms with Crippen molar-refractivity contribution in [2.75, 3.05) is 13.7 Å². The molecule has 2 N–H and O–H groups in total. The van der Waals surface area contributed by atoms with Crippen LogP contribution in [0.3, 0.4) is 0 Å². The lowest BCUT2D eigenvalue weighted by molar-refractivity contribution is -0.123. The van der Waals surface area contributed by atoms with Crippen molar-refractivity contribution in [1.29, 1.82) is 0 Å². The zero-order valence-electron chi connectivity index (χ0n) is 19.2. The normalized spacial score (nSPS) is 15.1. The van der Waals surface area contributed by atoms with E-state index in [2.05, 4.69) is 10.6 Å². The van der Waals surface area contributed by atoms with Gasteiger partial charge in [0.15, 0.2) is 6.61 Å². The van der Waals surface area contributed by atoms with E-state index in [9.17, 15) is 24.0 Å². The summed E-state index contributed by atoms with van der Waals surface area (Å²) >= 11 is 0. The number of hydrogen-bond acceptors (Lipinski definition) is 7. The van der Waals surface area contributed by atoms with Gasteiger partial charge in [-0.05, 0) is 42.7 Å². The van der Waals surface area contributed by atoms with E-state index in [1.807, 2.05) is 0 Å². The SMILES string of the molecule is COc1ccc(CN2C(=O)c3ccccc3C2=O)cc1C(=O)OCC(=O)NC(=O)NC1CCCC1. The molecule has 35 heavy (non-hydrogen) atoms. The highest BCUT2D eigenvalue weighted by Gasteiger charge is 2.35. The highest BCUT2D eigenvalue weighted by molar-refractivity contribution is 6.21. The lowest BCUT2D eigenvalue weighted by Gasteiger charge is -2.16. The summed E-state index contributed by atoms with van der Waals surface area (Å²) in [5.74, 6) is -2.26. The first-order valence-corrected chi connectivity index (χ1v) is 11.3. The lowest BCUT2D eigenvalue weighted by Crippen LogP contribution is -2.45. The Labute approximate surface area is 201 Å². The Kier molecular flexibility index (Phi) is 7.09. The summed E-state index contributed by atoms with van der Waals surface area (Å²) in [5, 5.41) is 4.85. The molecular formula is C25H25N3O7. The van der Waals surface area contributed by atoms with Gasteiger partial charge in [-0.2, -0.15) is 0 Å². The van der Waals surface area contributed by atoms with Crippen LogP contribution in [-0.4, -0.2) is 54.4 Å². The molecule has 1 heterocycles. The molecule has 1 saturated carbocycles. The third-order valence-electron chi connectivity index (χ3n) is 5.98. The number of methoxy groups -OCH3 is 1. The predicted molar refractivity (Wildman–Crippen MR) is 123 cm³/mol. The summed E-state index contributed by atoms with van der Waals surface area (Å²) in [6, 6.07) is 10.5. The van der Waals surface area contributed by atoms with Crippen LogP contribution in [0, 0.1) is 0 Å². The fourth-order valence-electron chi connectivity index (χ4n) is 4.24. The predicted octanol–water partition coefficient (Wildman–Crippen LogP) is 2.42. The van der Waals surface area contributed by atoms with E-state index >= 15 is 0 Å². The van der Waals surface area contributed by atoms with Crippen LogP contribution in [0.1, 0.15) is 62.3 Å². The number of benzene rings is 2. The van der Waals surface area contributed by atoms with Crippen LogP contribution in [0.5, 0.6) is 5.75 Å². The maximum absolute atomic E-state index is 12.7. The summed E-state index contributed by atoms with van der Waals surface area (Å²) in [6.07, 6.45) is 3.80. The Hall–Kier alpha value is -4.21. The van der Waals surface area contributed by atoms with Crippen LogP contribution in [0.15, 0.2) is 42.5 Å². The number of carbonyl (C=O) groups is 5. The summed E-state index contributed by atoms with van der Waals surface area (Å²) in [6.45, 7) is -0.721. The molecule has 0 spiro atoms. The number of imide groups is 2. The minimum absolute atomic E-state index is 0.0183. The van der Waals surface area contributed by atoms with Gasteiger partial charge in [-0.25, -0.2) is 9.59 Å². The molecule has 0 saturated heterocycles. The van der Waals surface area contributed by atoms with Crippen molar-refractivity contribution in [3.05, 3.63) is 64.7 Å². The van der Waals surface area contributed by atoms with Crippen molar-refractivity contribution in [1.82, 2.24) is 15.5 Å². The molecule has 5 amide bonds. The van der Waals surface area contributed by atoms with Gasteiger partial charge in [-0.15, -0.1) is 0 Å². The minimum atomic E-state index is -0.850. The minimum Gasteiger partial charge on any atom is -0.496 e. The number of ether oxygens (including phenoxy) is 2. The average molecular weight is 479 g/mol. The first-order chi connectivity index (χ1) is 16.9. The Bertz CT molecular complexity index is 1150. The molecule has 0 bridgehead atoms. The summed E-state index contributed by atoms with van der Waals surface area (Å²) in [4.78, 5) is 63.0. The first kappa shape index (κ1) is 23.9. The molecule has 182 valence electrons. The Morgan fingerprint density at radius 2 is 1.66 bits per heavy atom. The molecule has 0 unspecified atom stereocenters. The number of carbonyl (C=O) groups excluding carboxylic acids is 5. The Balaban J connectivity index is 1.38. The molecule has 0 atom stereocenters. The van der Waals surface area contributed by atoms with E-state index in [1.165, 1.54) is 19.2 Å². The molecule has 2 aromatic carbocycles. The fourth-order valence-corrected chi connectivity index (χ4v) is 4.24. The van der Waals surface area contributed by atoms with Crippen molar-refractivity contribution < 1.29 is 33.4 Å². The van der Waals surface area contributed by atoms with E-state index < -0.39 is 36.3 Å². The second-order valence-corrected chi connectivity index (χ2v) is 8.36. The van der Waals surface area contributed by atoms with Crippen LogP contribution in [0.25, 0.3) is 0 Å². The summed E-state index contributed by atoms with van der Waals surface area (Å²) < 4.78 is 10.3. The van der Waals surface area contributed by atoms with Gasteiger partial charge in [0, 0.05) is 6.04 Å². The number of amides is 5. The monoisotopic (exact) mass is 479 g/mol. The molecule has 2 aromatic rings. The Morgan fingerprint density at radius 3 is 2.29 bits per heavy atom. The highest BCUT2D eigenvalue weighted by Crippen LogP contribution is 2.26. The second kappa shape index (κ2) is 10.4. The first-order valence-electron chi connectivity index (χ1n) is 11.3. The van der Waals surface area contributed by atoms with Gasteiger partial charge < -0.3 is 14.8 Å². The number of hydrogen-bond donors (Lipinski definition) is 2. The number of rotatable bonds is 7. The number of fused-ring (bicyclic) bond motifs is 1. The lowest BCUT2D eigenvalue weighted by atomic mass is 10.1. The van der Waals surface area contributed by atoms with Crippen molar-refractivity contribution in [2.24, 2.45) is 0 Å². The van der Waals surface area contributed by atoms with E-state index in [-0.39, 0.29) is 23.9 Å². The van der Waals surface area contributed by atoms with E-state index in [0.29, 0.717) is 16.7 Å². The highest BCUT2D eigenvalue weighted by atomic mass is 16.5. The molecule has 1 fully saturated rings. The Morgan fingerprint density at radius 1 is 1.00 bits per heavy atom. The zero-order chi connectivity index (χ0) is 24.9. The van der Waals surface area contributed by atoms with Crippen LogP contribution < -0.4 is 15.4 Å². The van der Waals surface area contributed by atoms with E-state index in [0.717, 1.165) is 30.6 Å². The fraction of sp³-hybridized carbons (Fsp3) is 0.320. The van der Waals surface area contributed by atoms with Gasteiger partial charge in [0.1, 0.15) is 11.3 Å². The quantitative estimate of drug-likeness (QED) is 0.461. The maximum Gasteiger partial charge on any atom is 0.342 e. The summed E-state index contributed by atoms with van der Waals surface area (Å²) in [7, 11) is 1.37. The maximum atomic E-state index is 12.7. The van der Waals surface area contributed by atoms with Crippen molar-refractivity contribution in [3.8, 4) is 5.75 Å². The van der Waals surface area contributed by atoms with Crippen molar-refractivity contribution in [3.63, 3.8) is 0 Å².